The molecule has 0 saturated carbocycles. The first-order valence-corrected chi connectivity index (χ1v) is 5.79. The van der Waals surface area contributed by atoms with Crippen molar-refractivity contribution in [1.82, 2.24) is 15.0 Å². The molecule has 0 bridgehead atoms. The maximum absolute atomic E-state index is 6.08. The Morgan fingerprint density at radius 2 is 2.18 bits per heavy atom. The summed E-state index contributed by atoms with van der Waals surface area (Å²) in [5.74, 6) is 1.34. The van der Waals surface area contributed by atoms with Gasteiger partial charge >= 0.3 is 0 Å². The van der Waals surface area contributed by atoms with Crippen molar-refractivity contribution in [2.45, 2.75) is 13.8 Å². The lowest BCUT2D eigenvalue weighted by molar-refractivity contribution is 1.07. The van der Waals surface area contributed by atoms with E-state index in [2.05, 4.69) is 20.3 Å². The maximum Gasteiger partial charge on any atom is 0.181 e. The Bertz CT molecular complexity index is 528. The Hall–Kier alpha value is -1.68. The maximum atomic E-state index is 6.08. The number of halogens is 1. The number of hydrogen-bond acceptors (Lipinski definition) is 4. The van der Waals surface area contributed by atoms with Crippen LogP contribution in [0.4, 0.5) is 5.82 Å². The molecule has 0 fully saturated rings. The standard InChI is InChI=1S/C12H13ClN4/c1-3-14-10-7-8(2)16-12(17-10)11-9(13)5-4-6-15-11/h4-7H,3H2,1-2H3,(H,14,16,17). The summed E-state index contributed by atoms with van der Waals surface area (Å²) in [5.41, 5.74) is 1.49. The first kappa shape index (κ1) is 11.8. The molecule has 0 saturated heterocycles. The van der Waals surface area contributed by atoms with E-state index in [0.717, 1.165) is 18.1 Å². The first-order valence-electron chi connectivity index (χ1n) is 5.41. The second kappa shape index (κ2) is 5.10. The third-order valence-electron chi connectivity index (χ3n) is 2.18. The summed E-state index contributed by atoms with van der Waals surface area (Å²) in [6.45, 7) is 4.75. The predicted octanol–water partition coefficient (Wildman–Crippen LogP) is 2.93. The Kier molecular flexibility index (Phi) is 3.54. The molecular formula is C12H13ClN4. The van der Waals surface area contributed by atoms with Gasteiger partial charge in [0.15, 0.2) is 5.82 Å². The molecule has 88 valence electrons. The number of aryl methyl sites for hydroxylation is 1. The molecule has 0 unspecified atom stereocenters. The molecule has 2 rings (SSSR count). The van der Waals surface area contributed by atoms with Crippen LogP contribution in [0.15, 0.2) is 24.4 Å². The van der Waals surface area contributed by atoms with Crippen molar-refractivity contribution in [2.24, 2.45) is 0 Å². The van der Waals surface area contributed by atoms with Crippen LogP contribution >= 0.6 is 11.6 Å². The highest BCUT2D eigenvalue weighted by Gasteiger charge is 2.09. The van der Waals surface area contributed by atoms with E-state index in [1.165, 1.54) is 0 Å². The van der Waals surface area contributed by atoms with E-state index in [0.29, 0.717) is 16.5 Å². The van der Waals surface area contributed by atoms with Gasteiger partial charge < -0.3 is 5.32 Å². The summed E-state index contributed by atoms with van der Waals surface area (Å²) in [4.78, 5) is 12.9. The lowest BCUT2D eigenvalue weighted by atomic mass is 10.3. The summed E-state index contributed by atoms with van der Waals surface area (Å²) in [6.07, 6.45) is 1.68. The van der Waals surface area contributed by atoms with Crippen LogP contribution < -0.4 is 5.32 Å². The van der Waals surface area contributed by atoms with Gasteiger partial charge in [0, 0.05) is 24.5 Å². The van der Waals surface area contributed by atoms with Crippen LogP contribution in [-0.4, -0.2) is 21.5 Å². The van der Waals surface area contributed by atoms with E-state index in [4.69, 9.17) is 11.6 Å². The number of rotatable bonds is 3. The van der Waals surface area contributed by atoms with E-state index in [-0.39, 0.29) is 0 Å². The number of hydrogen-bond donors (Lipinski definition) is 1. The topological polar surface area (TPSA) is 50.7 Å². The van der Waals surface area contributed by atoms with Crippen LogP contribution in [0.5, 0.6) is 0 Å². The number of nitrogens with zero attached hydrogens (tertiary/aromatic N) is 3. The molecule has 0 aliphatic rings. The summed E-state index contributed by atoms with van der Waals surface area (Å²) in [6, 6.07) is 5.46. The fraction of sp³-hybridized carbons (Fsp3) is 0.250. The summed E-state index contributed by atoms with van der Waals surface area (Å²) in [7, 11) is 0. The van der Waals surface area contributed by atoms with Gasteiger partial charge in [0.25, 0.3) is 0 Å². The van der Waals surface area contributed by atoms with Gasteiger partial charge in [0.2, 0.25) is 0 Å². The van der Waals surface area contributed by atoms with Gasteiger partial charge in [0.05, 0.1) is 5.02 Å². The number of anilines is 1. The fourth-order valence-corrected chi connectivity index (χ4v) is 1.70. The van der Waals surface area contributed by atoms with Gasteiger partial charge in [-0.2, -0.15) is 0 Å². The van der Waals surface area contributed by atoms with Gasteiger partial charge in [-0.05, 0) is 26.0 Å². The van der Waals surface area contributed by atoms with Crippen LogP contribution in [0.25, 0.3) is 11.5 Å². The Labute approximate surface area is 105 Å². The van der Waals surface area contributed by atoms with Crippen molar-refractivity contribution in [1.29, 1.82) is 0 Å². The van der Waals surface area contributed by atoms with E-state index < -0.39 is 0 Å². The molecule has 17 heavy (non-hydrogen) atoms. The van der Waals surface area contributed by atoms with Crippen LogP contribution in [-0.2, 0) is 0 Å². The highest BCUT2D eigenvalue weighted by Crippen LogP contribution is 2.23. The summed E-state index contributed by atoms with van der Waals surface area (Å²) >= 11 is 6.08. The van der Waals surface area contributed by atoms with Gasteiger partial charge in [-0.25, -0.2) is 9.97 Å². The molecule has 0 aliphatic heterocycles. The van der Waals surface area contributed by atoms with Crippen LogP contribution in [0.1, 0.15) is 12.6 Å². The van der Waals surface area contributed by atoms with Crippen molar-refractivity contribution in [2.75, 3.05) is 11.9 Å². The molecule has 0 aliphatic carbocycles. The number of pyridine rings is 1. The van der Waals surface area contributed by atoms with Crippen molar-refractivity contribution < 1.29 is 0 Å². The zero-order valence-corrected chi connectivity index (χ0v) is 10.5. The Balaban J connectivity index is 2.48. The average Bonchev–Trinajstić information content (AvgIpc) is 2.29. The minimum atomic E-state index is 0.548. The molecule has 0 spiro atoms. The Morgan fingerprint density at radius 1 is 1.35 bits per heavy atom. The van der Waals surface area contributed by atoms with Gasteiger partial charge in [-0.1, -0.05) is 11.6 Å². The van der Waals surface area contributed by atoms with E-state index in [1.807, 2.05) is 19.9 Å². The smallest absolute Gasteiger partial charge is 0.181 e. The van der Waals surface area contributed by atoms with Crippen LogP contribution in [0.2, 0.25) is 5.02 Å². The predicted molar refractivity (Wildman–Crippen MR) is 69.2 cm³/mol. The number of aromatic nitrogens is 3. The van der Waals surface area contributed by atoms with Crippen molar-refractivity contribution in [3.8, 4) is 11.5 Å². The zero-order chi connectivity index (χ0) is 12.3. The molecule has 0 radical (unpaired) electrons. The molecule has 2 heterocycles. The van der Waals surface area contributed by atoms with Crippen molar-refractivity contribution >= 4 is 17.4 Å². The monoisotopic (exact) mass is 248 g/mol. The van der Waals surface area contributed by atoms with Gasteiger partial charge in [-0.15, -0.1) is 0 Å². The molecule has 2 aromatic rings. The molecule has 2 aromatic heterocycles. The van der Waals surface area contributed by atoms with E-state index in [1.54, 1.807) is 18.3 Å². The molecular weight excluding hydrogens is 236 g/mol. The molecule has 0 aromatic carbocycles. The molecule has 0 amide bonds. The lowest BCUT2D eigenvalue weighted by Crippen LogP contribution is -2.03. The van der Waals surface area contributed by atoms with Gasteiger partial charge in [-0.3, -0.25) is 4.98 Å². The normalized spacial score (nSPS) is 10.3. The second-order valence-corrected chi connectivity index (χ2v) is 3.99. The summed E-state index contributed by atoms with van der Waals surface area (Å²) in [5, 5.41) is 3.71. The highest BCUT2D eigenvalue weighted by atomic mass is 35.5. The zero-order valence-electron chi connectivity index (χ0n) is 9.74. The minimum Gasteiger partial charge on any atom is -0.370 e. The van der Waals surface area contributed by atoms with Crippen LogP contribution in [0, 0.1) is 6.92 Å². The summed E-state index contributed by atoms with van der Waals surface area (Å²) < 4.78 is 0. The average molecular weight is 249 g/mol. The van der Waals surface area contributed by atoms with Gasteiger partial charge in [0.1, 0.15) is 11.5 Å². The highest BCUT2D eigenvalue weighted by molar-refractivity contribution is 6.32. The Morgan fingerprint density at radius 3 is 2.88 bits per heavy atom. The molecule has 1 N–H and O–H groups in total. The molecule has 4 nitrogen and oxygen atoms in total. The fourth-order valence-electron chi connectivity index (χ4n) is 1.50. The lowest BCUT2D eigenvalue weighted by Gasteiger charge is -2.07. The largest absolute Gasteiger partial charge is 0.370 e. The third-order valence-corrected chi connectivity index (χ3v) is 2.49. The number of nitrogens with one attached hydrogen (secondary N) is 1. The SMILES string of the molecule is CCNc1cc(C)nc(-c2ncccc2Cl)n1. The minimum absolute atomic E-state index is 0.548. The van der Waals surface area contributed by atoms with E-state index >= 15 is 0 Å². The van der Waals surface area contributed by atoms with Crippen molar-refractivity contribution in [3.05, 3.63) is 35.1 Å². The molecule has 0 atom stereocenters. The third kappa shape index (κ3) is 2.71. The first-order chi connectivity index (χ1) is 8.20. The molecule has 5 heteroatoms. The van der Waals surface area contributed by atoms with Crippen molar-refractivity contribution in [3.63, 3.8) is 0 Å². The quantitative estimate of drug-likeness (QED) is 0.907. The van der Waals surface area contributed by atoms with Crippen LogP contribution in [0.3, 0.4) is 0 Å². The van der Waals surface area contributed by atoms with E-state index in [9.17, 15) is 0 Å². The second-order valence-electron chi connectivity index (χ2n) is 3.58.